The van der Waals surface area contributed by atoms with Gasteiger partial charge in [-0.15, -0.1) is 0 Å². The summed E-state index contributed by atoms with van der Waals surface area (Å²) in [6, 6.07) is 7.43. The summed E-state index contributed by atoms with van der Waals surface area (Å²) in [6.07, 6.45) is 4.89. The van der Waals surface area contributed by atoms with Gasteiger partial charge in [-0.2, -0.15) is 0 Å². The zero-order valence-electron chi connectivity index (χ0n) is 18.0. The second-order valence-corrected chi connectivity index (χ2v) is 7.74. The summed E-state index contributed by atoms with van der Waals surface area (Å²) in [6.45, 7) is 8.83. The van der Waals surface area contributed by atoms with Gasteiger partial charge in [0.25, 0.3) is 11.7 Å². The Bertz CT molecular complexity index is 895. The van der Waals surface area contributed by atoms with Crippen LogP contribution >= 0.6 is 0 Å². The van der Waals surface area contributed by atoms with Gasteiger partial charge < -0.3 is 19.7 Å². The minimum atomic E-state index is -0.604. The Kier molecular flexibility index (Phi) is 7.63. The molecule has 0 unspecified atom stereocenters. The van der Waals surface area contributed by atoms with Gasteiger partial charge in [-0.1, -0.05) is 32.0 Å². The molecule has 0 aliphatic carbocycles. The van der Waals surface area contributed by atoms with Gasteiger partial charge in [0.15, 0.2) is 0 Å². The molecule has 0 radical (unpaired) electrons. The summed E-state index contributed by atoms with van der Waals surface area (Å²) in [5, 5.41) is 3.43. The standard InChI is InChI=1S/C23H32N4O3/c1-3-25(4-2)15-12-24-23(30)22(29)19-16-27(20-11-7-6-10-18(19)20)17-21(28)26-13-8-5-9-14-26/h6-7,10-11,16H,3-5,8-9,12-15,17H2,1-2H3,(H,24,30). The summed E-state index contributed by atoms with van der Waals surface area (Å²) in [5.74, 6) is -1.11. The van der Waals surface area contributed by atoms with Gasteiger partial charge in [-0.3, -0.25) is 14.4 Å². The van der Waals surface area contributed by atoms with Crippen molar-refractivity contribution in [3.63, 3.8) is 0 Å². The number of carbonyl (C=O) groups is 3. The summed E-state index contributed by atoms with van der Waals surface area (Å²) < 4.78 is 1.79. The molecule has 0 saturated carbocycles. The van der Waals surface area contributed by atoms with E-state index in [1.807, 2.05) is 29.2 Å². The van der Waals surface area contributed by atoms with Gasteiger partial charge in [-0.05, 0) is 38.4 Å². The molecule has 1 aromatic heterocycles. The lowest BCUT2D eigenvalue weighted by molar-refractivity contribution is -0.132. The van der Waals surface area contributed by atoms with Crippen molar-refractivity contribution < 1.29 is 14.4 Å². The first kappa shape index (κ1) is 22.0. The highest BCUT2D eigenvalue weighted by Gasteiger charge is 2.23. The van der Waals surface area contributed by atoms with E-state index < -0.39 is 11.7 Å². The number of para-hydroxylation sites is 1. The Labute approximate surface area is 178 Å². The molecule has 3 rings (SSSR count). The number of piperidine rings is 1. The van der Waals surface area contributed by atoms with Crippen molar-refractivity contribution >= 4 is 28.5 Å². The second kappa shape index (κ2) is 10.4. The highest BCUT2D eigenvalue weighted by Crippen LogP contribution is 2.22. The smallest absolute Gasteiger partial charge is 0.292 e. The molecule has 2 amide bonds. The third-order valence-corrected chi connectivity index (χ3v) is 5.86. The quantitative estimate of drug-likeness (QED) is 0.507. The number of benzene rings is 1. The second-order valence-electron chi connectivity index (χ2n) is 7.74. The zero-order chi connectivity index (χ0) is 21.5. The summed E-state index contributed by atoms with van der Waals surface area (Å²) >= 11 is 0. The summed E-state index contributed by atoms with van der Waals surface area (Å²) in [7, 11) is 0. The van der Waals surface area contributed by atoms with Gasteiger partial charge >= 0.3 is 0 Å². The lowest BCUT2D eigenvalue weighted by atomic mass is 10.1. The van der Waals surface area contributed by atoms with Gasteiger partial charge in [-0.25, -0.2) is 0 Å². The fourth-order valence-corrected chi connectivity index (χ4v) is 4.02. The van der Waals surface area contributed by atoms with Gasteiger partial charge in [0.1, 0.15) is 6.54 Å². The third-order valence-electron chi connectivity index (χ3n) is 5.86. The Morgan fingerprint density at radius 1 is 1.03 bits per heavy atom. The molecule has 30 heavy (non-hydrogen) atoms. The molecule has 7 nitrogen and oxygen atoms in total. The largest absolute Gasteiger partial charge is 0.348 e. The van der Waals surface area contributed by atoms with Crippen LogP contribution in [0.3, 0.4) is 0 Å². The molecule has 0 atom stereocenters. The minimum absolute atomic E-state index is 0.0538. The Hall–Kier alpha value is -2.67. The average molecular weight is 413 g/mol. The van der Waals surface area contributed by atoms with Crippen LogP contribution in [-0.4, -0.2) is 71.2 Å². The highest BCUT2D eigenvalue weighted by atomic mass is 16.2. The third kappa shape index (κ3) is 5.08. The molecule has 7 heteroatoms. The Morgan fingerprint density at radius 2 is 1.73 bits per heavy atom. The summed E-state index contributed by atoms with van der Waals surface area (Å²) in [4.78, 5) is 42.1. The van der Waals surface area contributed by atoms with Crippen molar-refractivity contribution in [2.24, 2.45) is 0 Å². The van der Waals surface area contributed by atoms with Crippen LogP contribution in [0, 0.1) is 0 Å². The fraction of sp³-hybridized carbons (Fsp3) is 0.522. The number of amides is 2. The van der Waals surface area contributed by atoms with E-state index in [1.54, 1.807) is 10.8 Å². The number of ketones is 1. The molecule has 1 aliphatic heterocycles. The summed E-state index contributed by atoms with van der Waals surface area (Å²) in [5.41, 5.74) is 1.14. The Morgan fingerprint density at radius 3 is 2.43 bits per heavy atom. The number of likely N-dealkylation sites (tertiary alicyclic amines) is 1. The monoisotopic (exact) mass is 412 g/mol. The average Bonchev–Trinajstić information content (AvgIpc) is 3.15. The molecule has 1 N–H and O–H groups in total. The van der Waals surface area contributed by atoms with Crippen LogP contribution in [0.4, 0.5) is 0 Å². The van der Waals surface area contributed by atoms with Crippen molar-refractivity contribution in [1.82, 2.24) is 19.7 Å². The van der Waals surface area contributed by atoms with Crippen LogP contribution < -0.4 is 5.32 Å². The van der Waals surface area contributed by atoms with Crippen molar-refractivity contribution in [3.8, 4) is 0 Å². The minimum Gasteiger partial charge on any atom is -0.348 e. The molecule has 1 aromatic carbocycles. The lowest BCUT2D eigenvalue weighted by Crippen LogP contribution is -2.38. The normalized spacial score (nSPS) is 14.3. The van der Waals surface area contributed by atoms with E-state index in [4.69, 9.17) is 0 Å². The molecule has 0 spiro atoms. The van der Waals surface area contributed by atoms with E-state index in [1.165, 1.54) is 0 Å². The van der Waals surface area contributed by atoms with Crippen molar-refractivity contribution in [2.75, 3.05) is 39.3 Å². The van der Waals surface area contributed by atoms with Crippen LogP contribution in [-0.2, 0) is 16.1 Å². The number of Topliss-reactive ketones (excluding diaryl/α,β-unsaturated/α-hetero) is 1. The van der Waals surface area contributed by atoms with E-state index in [-0.39, 0.29) is 12.5 Å². The number of hydrogen-bond donors (Lipinski definition) is 1. The van der Waals surface area contributed by atoms with E-state index in [2.05, 4.69) is 24.1 Å². The topological polar surface area (TPSA) is 74.6 Å². The molecule has 2 heterocycles. The van der Waals surface area contributed by atoms with E-state index in [0.29, 0.717) is 24.0 Å². The highest BCUT2D eigenvalue weighted by molar-refractivity contribution is 6.45. The maximum Gasteiger partial charge on any atom is 0.292 e. The number of nitrogens with one attached hydrogen (secondary N) is 1. The number of likely N-dealkylation sites (N-methyl/N-ethyl adjacent to an activating group) is 1. The molecule has 0 bridgehead atoms. The number of fused-ring (bicyclic) bond motifs is 1. The van der Waals surface area contributed by atoms with Crippen LogP contribution in [0.5, 0.6) is 0 Å². The van der Waals surface area contributed by atoms with E-state index in [0.717, 1.165) is 51.0 Å². The van der Waals surface area contributed by atoms with E-state index >= 15 is 0 Å². The molecular weight excluding hydrogens is 380 g/mol. The first-order valence-electron chi connectivity index (χ1n) is 11.0. The predicted octanol–water partition coefficient (Wildman–Crippen LogP) is 2.29. The van der Waals surface area contributed by atoms with Crippen molar-refractivity contribution in [1.29, 1.82) is 0 Å². The van der Waals surface area contributed by atoms with Crippen LogP contribution in [0.1, 0.15) is 43.5 Å². The van der Waals surface area contributed by atoms with Crippen LogP contribution in [0.2, 0.25) is 0 Å². The zero-order valence-corrected chi connectivity index (χ0v) is 18.0. The van der Waals surface area contributed by atoms with Crippen LogP contribution in [0.25, 0.3) is 10.9 Å². The van der Waals surface area contributed by atoms with Gasteiger partial charge in [0, 0.05) is 43.3 Å². The van der Waals surface area contributed by atoms with Gasteiger partial charge in [0.2, 0.25) is 5.91 Å². The number of carbonyl (C=O) groups excluding carboxylic acids is 3. The lowest BCUT2D eigenvalue weighted by Gasteiger charge is -2.27. The number of hydrogen-bond acceptors (Lipinski definition) is 4. The maximum atomic E-state index is 12.8. The molecular formula is C23H32N4O3. The first-order chi connectivity index (χ1) is 14.5. The van der Waals surface area contributed by atoms with Crippen molar-refractivity contribution in [3.05, 3.63) is 36.0 Å². The van der Waals surface area contributed by atoms with Crippen molar-refractivity contribution in [2.45, 2.75) is 39.7 Å². The van der Waals surface area contributed by atoms with Gasteiger partial charge in [0.05, 0.1) is 5.56 Å². The predicted molar refractivity (Wildman–Crippen MR) is 117 cm³/mol. The number of aromatic nitrogens is 1. The Balaban J connectivity index is 1.73. The molecule has 2 aromatic rings. The molecule has 162 valence electrons. The number of rotatable bonds is 9. The number of nitrogens with zero attached hydrogens (tertiary/aromatic N) is 3. The van der Waals surface area contributed by atoms with E-state index in [9.17, 15) is 14.4 Å². The fourth-order valence-electron chi connectivity index (χ4n) is 4.02. The molecule has 1 saturated heterocycles. The van der Waals surface area contributed by atoms with Crippen LogP contribution in [0.15, 0.2) is 30.5 Å². The molecule has 1 aliphatic rings. The SMILES string of the molecule is CCN(CC)CCNC(=O)C(=O)c1cn(CC(=O)N2CCCCC2)c2ccccc12. The molecule has 1 fully saturated rings. The first-order valence-corrected chi connectivity index (χ1v) is 11.0. The maximum absolute atomic E-state index is 12.8.